The maximum absolute atomic E-state index is 10.5. The molecule has 1 heterocycles. The number of rotatable bonds is 3. The number of aromatic nitrogens is 1. The molecule has 0 unspecified atom stereocenters. The fraction of sp³-hybridized carbons (Fsp3) is 0.0833. The Morgan fingerprint density at radius 3 is 2.44 bits per heavy atom. The zero-order valence-corrected chi connectivity index (χ0v) is 8.54. The van der Waals surface area contributed by atoms with Crippen LogP contribution in [0, 0.1) is 10.1 Å². The number of non-ortho nitro benzene ring substituents is 1. The van der Waals surface area contributed by atoms with Gasteiger partial charge in [0.1, 0.15) is 0 Å². The second-order valence-electron chi connectivity index (χ2n) is 3.42. The van der Waals surface area contributed by atoms with Crippen molar-refractivity contribution in [2.45, 2.75) is 6.42 Å². The molecule has 0 radical (unpaired) electrons. The van der Waals surface area contributed by atoms with Gasteiger partial charge in [0.25, 0.3) is 5.69 Å². The summed E-state index contributed by atoms with van der Waals surface area (Å²) >= 11 is 0. The van der Waals surface area contributed by atoms with E-state index in [2.05, 4.69) is 4.98 Å². The minimum Gasteiger partial charge on any atom is -0.261 e. The van der Waals surface area contributed by atoms with Crippen LogP contribution in [0.4, 0.5) is 5.69 Å². The van der Waals surface area contributed by atoms with E-state index in [0.29, 0.717) is 6.42 Å². The van der Waals surface area contributed by atoms with E-state index < -0.39 is 4.92 Å². The molecule has 0 saturated heterocycles. The van der Waals surface area contributed by atoms with Gasteiger partial charge in [-0.2, -0.15) is 0 Å². The number of benzene rings is 1. The van der Waals surface area contributed by atoms with Crippen molar-refractivity contribution in [3.05, 3.63) is 70.0 Å². The number of nitro benzene ring substituents is 1. The third-order valence-electron chi connectivity index (χ3n) is 2.26. The fourth-order valence-corrected chi connectivity index (χ4v) is 1.45. The van der Waals surface area contributed by atoms with Gasteiger partial charge in [-0.05, 0) is 17.7 Å². The second kappa shape index (κ2) is 4.53. The Labute approximate surface area is 92.7 Å². The van der Waals surface area contributed by atoms with Crippen LogP contribution in [0.5, 0.6) is 0 Å². The quantitative estimate of drug-likeness (QED) is 0.582. The first-order chi connectivity index (χ1) is 7.75. The van der Waals surface area contributed by atoms with Gasteiger partial charge in [0.2, 0.25) is 0 Å². The van der Waals surface area contributed by atoms with Crippen LogP contribution < -0.4 is 0 Å². The molecule has 1 aromatic heterocycles. The van der Waals surface area contributed by atoms with Crippen LogP contribution in [0.2, 0.25) is 0 Å². The minimum absolute atomic E-state index is 0.116. The van der Waals surface area contributed by atoms with Gasteiger partial charge in [0, 0.05) is 30.4 Å². The number of pyridine rings is 1. The van der Waals surface area contributed by atoms with E-state index in [1.807, 2.05) is 18.2 Å². The highest BCUT2D eigenvalue weighted by atomic mass is 16.6. The van der Waals surface area contributed by atoms with Crippen molar-refractivity contribution in [1.82, 2.24) is 4.98 Å². The van der Waals surface area contributed by atoms with Crippen LogP contribution in [-0.4, -0.2) is 9.91 Å². The Morgan fingerprint density at radius 1 is 1.12 bits per heavy atom. The van der Waals surface area contributed by atoms with E-state index in [4.69, 9.17) is 0 Å². The highest BCUT2D eigenvalue weighted by molar-refractivity contribution is 5.34. The zero-order chi connectivity index (χ0) is 11.4. The molecule has 4 nitrogen and oxygen atoms in total. The molecular weight excluding hydrogens is 204 g/mol. The lowest BCUT2D eigenvalue weighted by molar-refractivity contribution is -0.384. The summed E-state index contributed by atoms with van der Waals surface area (Å²) in [6.07, 6.45) is 2.43. The van der Waals surface area contributed by atoms with Crippen molar-refractivity contribution in [3.63, 3.8) is 0 Å². The SMILES string of the molecule is O=[N+]([O-])c1ccc(Cc2ccccn2)cc1. The summed E-state index contributed by atoms with van der Waals surface area (Å²) in [5, 5.41) is 10.5. The normalized spacial score (nSPS) is 10.0. The monoisotopic (exact) mass is 214 g/mol. The van der Waals surface area contributed by atoms with Crippen molar-refractivity contribution >= 4 is 5.69 Å². The average molecular weight is 214 g/mol. The first-order valence-electron chi connectivity index (χ1n) is 4.89. The molecule has 2 aromatic rings. The molecule has 0 N–H and O–H groups in total. The van der Waals surface area contributed by atoms with Gasteiger partial charge < -0.3 is 0 Å². The van der Waals surface area contributed by atoms with Gasteiger partial charge >= 0.3 is 0 Å². The van der Waals surface area contributed by atoms with E-state index in [9.17, 15) is 10.1 Å². The Hall–Kier alpha value is -2.23. The first-order valence-corrected chi connectivity index (χ1v) is 4.89. The van der Waals surface area contributed by atoms with Gasteiger partial charge in [-0.3, -0.25) is 15.1 Å². The Kier molecular flexibility index (Phi) is 2.91. The van der Waals surface area contributed by atoms with Gasteiger partial charge in [-0.25, -0.2) is 0 Å². The molecule has 0 amide bonds. The van der Waals surface area contributed by atoms with E-state index >= 15 is 0 Å². The smallest absolute Gasteiger partial charge is 0.261 e. The first kappa shape index (κ1) is 10.3. The third-order valence-corrected chi connectivity index (χ3v) is 2.26. The maximum atomic E-state index is 10.5. The molecular formula is C12H10N2O2. The van der Waals surface area contributed by atoms with Crippen molar-refractivity contribution in [2.24, 2.45) is 0 Å². The number of hydrogen-bond donors (Lipinski definition) is 0. The molecule has 2 rings (SSSR count). The predicted octanol–water partition coefficient (Wildman–Crippen LogP) is 2.58. The summed E-state index contributed by atoms with van der Waals surface area (Å²) in [4.78, 5) is 14.3. The van der Waals surface area contributed by atoms with E-state index in [0.717, 1.165) is 11.3 Å². The number of hydrogen-bond acceptors (Lipinski definition) is 3. The van der Waals surface area contributed by atoms with Gasteiger partial charge in [-0.15, -0.1) is 0 Å². The van der Waals surface area contributed by atoms with Crippen molar-refractivity contribution < 1.29 is 4.92 Å². The van der Waals surface area contributed by atoms with Gasteiger partial charge in [0.05, 0.1) is 4.92 Å². The molecule has 0 fully saturated rings. The van der Waals surface area contributed by atoms with Crippen molar-refractivity contribution in [3.8, 4) is 0 Å². The summed E-state index contributed by atoms with van der Waals surface area (Å²) in [7, 11) is 0. The van der Waals surface area contributed by atoms with E-state index in [1.54, 1.807) is 18.3 Å². The number of nitrogens with zero attached hydrogens (tertiary/aromatic N) is 2. The molecule has 80 valence electrons. The molecule has 0 aliphatic heterocycles. The highest BCUT2D eigenvalue weighted by Gasteiger charge is 2.04. The van der Waals surface area contributed by atoms with Crippen LogP contribution in [-0.2, 0) is 6.42 Å². The molecule has 1 aromatic carbocycles. The standard InChI is InChI=1S/C12H10N2O2/c15-14(16)12-6-4-10(5-7-12)9-11-3-1-2-8-13-11/h1-8H,9H2. The Bertz CT molecular complexity index is 480. The second-order valence-corrected chi connectivity index (χ2v) is 3.42. The van der Waals surface area contributed by atoms with Crippen LogP contribution in [0.15, 0.2) is 48.7 Å². The van der Waals surface area contributed by atoms with Crippen molar-refractivity contribution in [2.75, 3.05) is 0 Å². The van der Waals surface area contributed by atoms with Crippen molar-refractivity contribution in [1.29, 1.82) is 0 Å². The summed E-state index contributed by atoms with van der Waals surface area (Å²) in [6, 6.07) is 12.3. The summed E-state index contributed by atoms with van der Waals surface area (Å²) in [5.74, 6) is 0. The zero-order valence-electron chi connectivity index (χ0n) is 8.54. The molecule has 0 saturated carbocycles. The minimum atomic E-state index is -0.398. The lowest BCUT2D eigenvalue weighted by Gasteiger charge is -2.00. The van der Waals surface area contributed by atoms with E-state index in [-0.39, 0.29) is 5.69 Å². The molecule has 16 heavy (non-hydrogen) atoms. The highest BCUT2D eigenvalue weighted by Crippen LogP contribution is 2.13. The Morgan fingerprint density at radius 2 is 1.88 bits per heavy atom. The lowest BCUT2D eigenvalue weighted by atomic mass is 10.1. The largest absolute Gasteiger partial charge is 0.269 e. The summed E-state index contributed by atoms with van der Waals surface area (Å²) in [6.45, 7) is 0. The van der Waals surface area contributed by atoms with E-state index in [1.165, 1.54) is 12.1 Å². The Balaban J connectivity index is 2.14. The van der Waals surface area contributed by atoms with Crippen LogP contribution >= 0.6 is 0 Å². The fourth-order valence-electron chi connectivity index (χ4n) is 1.45. The van der Waals surface area contributed by atoms with Crippen LogP contribution in [0.3, 0.4) is 0 Å². The molecule has 0 aliphatic carbocycles. The topological polar surface area (TPSA) is 56.0 Å². The van der Waals surface area contributed by atoms with Crippen LogP contribution in [0.1, 0.15) is 11.3 Å². The third kappa shape index (κ3) is 2.42. The molecule has 4 heteroatoms. The molecule has 0 spiro atoms. The van der Waals surface area contributed by atoms with Gasteiger partial charge in [0.15, 0.2) is 0 Å². The van der Waals surface area contributed by atoms with Crippen LogP contribution in [0.25, 0.3) is 0 Å². The molecule has 0 aliphatic rings. The van der Waals surface area contributed by atoms with Gasteiger partial charge in [-0.1, -0.05) is 18.2 Å². The molecule has 0 bridgehead atoms. The number of nitro groups is 1. The average Bonchev–Trinajstić information content (AvgIpc) is 2.31. The predicted molar refractivity (Wildman–Crippen MR) is 60.1 cm³/mol. The lowest BCUT2D eigenvalue weighted by Crippen LogP contribution is -1.92. The summed E-state index contributed by atoms with van der Waals surface area (Å²) in [5.41, 5.74) is 2.09. The summed E-state index contributed by atoms with van der Waals surface area (Å²) < 4.78 is 0. The molecule has 0 atom stereocenters. The maximum Gasteiger partial charge on any atom is 0.269 e.